The van der Waals surface area contributed by atoms with Crippen molar-refractivity contribution in [3.8, 4) is 5.75 Å². The van der Waals surface area contributed by atoms with E-state index in [1.54, 1.807) is 18.4 Å². The number of ether oxygens (including phenoxy) is 2. The molecule has 2 heterocycles. The molecule has 32 heavy (non-hydrogen) atoms. The van der Waals surface area contributed by atoms with E-state index in [9.17, 15) is 0 Å². The summed E-state index contributed by atoms with van der Waals surface area (Å²) >= 11 is 1.80. The summed E-state index contributed by atoms with van der Waals surface area (Å²) in [5.74, 6) is 2.18. The quantitative estimate of drug-likeness (QED) is 0.252. The third-order valence-corrected chi connectivity index (χ3v) is 6.82. The van der Waals surface area contributed by atoms with Gasteiger partial charge in [0.15, 0.2) is 5.96 Å². The van der Waals surface area contributed by atoms with Crippen LogP contribution in [0.3, 0.4) is 0 Å². The summed E-state index contributed by atoms with van der Waals surface area (Å²) in [6.07, 6.45) is 2.22. The number of aliphatic imine (C=N–C) groups is 1. The molecular weight excluding hydrogens is 535 g/mol. The number of rotatable bonds is 10. The molecule has 0 radical (unpaired) electrons. The summed E-state index contributed by atoms with van der Waals surface area (Å²) < 4.78 is 11.5. The van der Waals surface area contributed by atoms with E-state index in [-0.39, 0.29) is 24.0 Å². The average Bonchev–Trinajstić information content (AvgIpc) is 3.35. The normalized spacial score (nSPS) is 15.8. The number of hydrogen-bond donors (Lipinski definition) is 2. The van der Waals surface area contributed by atoms with Gasteiger partial charge >= 0.3 is 0 Å². The Morgan fingerprint density at radius 2 is 2.06 bits per heavy atom. The molecule has 3 rings (SSSR count). The van der Waals surface area contributed by atoms with Crippen molar-refractivity contribution in [2.45, 2.75) is 38.3 Å². The van der Waals surface area contributed by atoms with Crippen LogP contribution in [0.1, 0.15) is 36.1 Å². The lowest BCUT2D eigenvalue weighted by atomic mass is 10.1. The maximum atomic E-state index is 6.02. The minimum Gasteiger partial charge on any atom is -0.492 e. The molecule has 1 fully saturated rings. The van der Waals surface area contributed by atoms with Gasteiger partial charge in [-0.05, 0) is 49.0 Å². The second kappa shape index (κ2) is 14.7. The summed E-state index contributed by atoms with van der Waals surface area (Å²) in [6.45, 7) is 7.13. The van der Waals surface area contributed by atoms with Crippen LogP contribution in [0.2, 0.25) is 0 Å². The fourth-order valence-electron chi connectivity index (χ4n) is 3.69. The number of guanidine groups is 1. The van der Waals surface area contributed by atoms with Gasteiger partial charge in [0.2, 0.25) is 0 Å². The predicted molar refractivity (Wildman–Crippen MR) is 145 cm³/mol. The molecule has 0 spiro atoms. The molecule has 1 aromatic carbocycles. The second-order valence-electron chi connectivity index (χ2n) is 8.04. The maximum Gasteiger partial charge on any atom is 0.191 e. The molecule has 1 saturated heterocycles. The number of nitrogens with zero attached hydrogens (tertiary/aromatic N) is 2. The van der Waals surface area contributed by atoms with Gasteiger partial charge < -0.3 is 20.1 Å². The lowest BCUT2D eigenvalue weighted by Gasteiger charge is -2.31. The summed E-state index contributed by atoms with van der Waals surface area (Å²) in [4.78, 5) is 8.12. The van der Waals surface area contributed by atoms with Crippen molar-refractivity contribution in [2.24, 2.45) is 4.99 Å². The van der Waals surface area contributed by atoms with E-state index >= 15 is 0 Å². The van der Waals surface area contributed by atoms with Crippen LogP contribution < -0.4 is 15.4 Å². The van der Waals surface area contributed by atoms with E-state index in [2.05, 4.69) is 64.1 Å². The van der Waals surface area contributed by atoms with Gasteiger partial charge in [0, 0.05) is 56.7 Å². The standard InChI is InChI=1S/C24H36N4O2S.HI/c1-19(23-8-5-15-31-23)17-26-24(25-2)27-18-20-6-4-7-22(16-20)30-14-11-28(3)21-9-12-29-13-10-21;/h4-8,15-16,19,21H,9-14,17-18H2,1-3H3,(H2,25,26,27);1H. The third-order valence-electron chi connectivity index (χ3n) is 5.71. The molecule has 1 aliphatic rings. The Kier molecular flexibility index (Phi) is 12.4. The number of likely N-dealkylation sites (N-methyl/N-ethyl adjacent to an activating group) is 1. The Hall–Kier alpha value is -1.36. The van der Waals surface area contributed by atoms with Crippen LogP contribution in [0.4, 0.5) is 0 Å². The Morgan fingerprint density at radius 1 is 1.25 bits per heavy atom. The van der Waals surface area contributed by atoms with Crippen LogP contribution in [0, 0.1) is 0 Å². The molecular formula is C24H37IN4O2S. The molecule has 1 unspecified atom stereocenters. The molecule has 2 N–H and O–H groups in total. The fraction of sp³-hybridized carbons (Fsp3) is 0.542. The predicted octanol–water partition coefficient (Wildman–Crippen LogP) is 4.32. The highest BCUT2D eigenvalue weighted by Gasteiger charge is 2.18. The van der Waals surface area contributed by atoms with E-state index in [1.165, 1.54) is 10.4 Å². The molecule has 0 aliphatic carbocycles. The highest BCUT2D eigenvalue weighted by atomic mass is 127. The molecule has 2 aromatic rings. The minimum absolute atomic E-state index is 0. The maximum absolute atomic E-state index is 6.02. The molecule has 8 heteroatoms. The third kappa shape index (κ3) is 8.88. The highest BCUT2D eigenvalue weighted by Crippen LogP contribution is 2.19. The molecule has 0 amide bonds. The van der Waals surface area contributed by atoms with E-state index < -0.39 is 0 Å². The van der Waals surface area contributed by atoms with Crippen LogP contribution in [0.25, 0.3) is 0 Å². The smallest absolute Gasteiger partial charge is 0.191 e. The lowest BCUT2D eigenvalue weighted by Crippen LogP contribution is -2.38. The zero-order valence-electron chi connectivity index (χ0n) is 19.4. The van der Waals surface area contributed by atoms with Gasteiger partial charge in [0.25, 0.3) is 0 Å². The Balaban J connectivity index is 0.00000363. The van der Waals surface area contributed by atoms with Gasteiger partial charge in [-0.2, -0.15) is 0 Å². The summed E-state index contributed by atoms with van der Waals surface area (Å²) in [6, 6.07) is 13.2. The number of hydrogen-bond acceptors (Lipinski definition) is 5. The van der Waals surface area contributed by atoms with Crippen LogP contribution in [0.15, 0.2) is 46.8 Å². The lowest BCUT2D eigenvalue weighted by molar-refractivity contribution is 0.0392. The number of halogens is 1. The van der Waals surface area contributed by atoms with Crippen molar-refractivity contribution < 1.29 is 9.47 Å². The first kappa shape index (κ1) is 26.9. The van der Waals surface area contributed by atoms with E-state index in [0.29, 0.717) is 25.1 Å². The van der Waals surface area contributed by atoms with Crippen molar-refractivity contribution in [2.75, 3.05) is 47.0 Å². The molecule has 1 aromatic heterocycles. The molecule has 0 bridgehead atoms. The average molecular weight is 573 g/mol. The van der Waals surface area contributed by atoms with Crippen molar-refractivity contribution >= 4 is 41.3 Å². The molecule has 0 saturated carbocycles. The molecule has 1 aliphatic heterocycles. The van der Waals surface area contributed by atoms with Gasteiger partial charge in [-0.25, -0.2) is 0 Å². The van der Waals surface area contributed by atoms with Gasteiger partial charge in [-0.3, -0.25) is 9.89 Å². The first-order chi connectivity index (χ1) is 15.2. The first-order valence-electron chi connectivity index (χ1n) is 11.1. The summed E-state index contributed by atoms with van der Waals surface area (Å²) in [5.41, 5.74) is 1.17. The number of thiophene rings is 1. The van der Waals surface area contributed by atoms with Crippen molar-refractivity contribution in [3.63, 3.8) is 0 Å². The zero-order valence-corrected chi connectivity index (χ0v) is 22.5. The second-order valence-corrected chi connectivity index (χ2v) is 9.02. The minimum atomic E-state index is 0. The zero-order chi connectivity index (χ0) is 21.9. The Morgan fingerprint density at radius 3 is 2.78 bits per heavy atom. The largest absolute Gasteiger partial charge is 0.492 e. The van der Waals surface area contributed by atoms with Crippen molar-refractivity contribution in [3.05, 3.63) is 52.2 Å². The van der Waals surface area contributed by atoms with E-state index in [1.807, 2.05) is 12.1 Å². The molecule has 6 nitrogen and oxygen atoms in total. The van der Waals surface area contributed by atoms with Crippen molar-refractivity contribution in [1.82, 2.24) is 15.5 Å². The molecule has 1 atom stereocenters. The topological polar surface area (TPSA) is 58.1 Å². The van der Waals surface area contributed by atoms with Crippen LogP contribution in [0.5, 0.6) is 5.75 Å². The van der Waals surface area contributed by atoms with Crippen LogP contribution >= 0.6 is 35.3 Å². The summed E-state index contributed by atoms with van der Waals surface area (Å²) in [7, 11) is 3.98. The highest BCUT2D eigenvalue weighted by molar-refractivity contribution is 14.0. The van der Waals surface area contributed by atoms with Crippen molar-refractivity contribution in [1.29, 1.82) is 0 Å². The van der Waals surface area contributed by atoms with Crippen LogP contribution in [-0.2, 0) is 11.3 Å². The van der Waals surface area contributed by atoms with Gasteiger partial charge in [-0.15, -0.1) is 35.3 Å². The number of benzene rings is 1. The van der Waals surface area contributed by atoms with E-state index in [0.717, 1.165) is 50.9 Å². The van der Waals surface area contributed by atoms with E-state index in [4.69, 9.17) is 9.47 Å². The van der Waals surface area contributed by atoms with Gasteiger partial charge in [0.05, 0.1) is 0 Å². The fourth-order valence-corrected chi connectivity index (χ4v) is 4.48. The number of nitrogens with one attached hydrogen (secondary N) is 2. The Bertz CT molecular complexity index is 797. The van der Waals surface area contributed by atoms with Crippen LogP contribution in [-0.4, -0.2) is 63.9 Å². The first-order valence-corrected chi connectivity index (χ1v) is 12.0. The summed E-state index contributed by atoms with van der Waals surface area (Å²) in [5, 5.41) is 8.94. The SMILES string of the molecule is CN=C(NCc1cccc(OCCN(C)C2CCOCC2)c1)NCC(C)c1cccs1.I. The Labute approximate surface area is 213 Å². The van der Waals surface area contributed by atoms with Gasteiger partial charge in [-0.1, -0.05) is 25.1 Å². The molecule has 178 valence electrons. The monoisotopic (exact) mass is 572 g/mol. The van der Waals surface area contributed by atoms with Gasteiger partial charge in [0.1, 0.15) is 12.4 Å².